The summed E-state index contributed by atoms with van der Waals surface area (Å²) in [5, 5.41) is 3.30. The van der Waals surface area contributed by atoms with Gasteiger partial charge in [-0.25, -0.2) is 0 Å². The maximum Gasteiger partial charge on any atom is 0.234 e. The molecule has 1 aromatic carbocycles. The van der Waals surface area contributed by atoms with Gasteiger partial charge in [-0.15, -0.1) is 0 Å². The van der Waals surface area contributed by atoms with Crippen molar-refractivity contribution in [2.24, 2.45) is 11.8 Å². The smallest absolute Gasteiger partial charge is 0.234 e. The number of benzene rings is 1. The second-order valence-electron chi connectivity index (χ2n) is 8.33. The first kappa shape index (κ1) is 20.1. The Bertz CT molecular complexity index is 607. The summed E-state index contributed by atoms with van der Waals surface area (Å²) < 4.78 is 0. The molecule has 3 rings (SSSR count). The van der Waals surface area contributed by atoms with Gasteiger partial charge in [0.15, 0.2) is 0 Å². The highest BCUT2D eigenvalue weighted by Crippen LogP contribution is 2.29. The number of amides is 1. The molecule has 0 spiro atoms. The van der Waals surface area contributed by atoms with Gasteiger partial charge in [-0.3, -0.25) is 14.6 Å². The lowest BCUT2D eigenvalue weighted by Crippen LogP contribution is -2.51. The van der Waals surface area contributed by atoms with Gasteiger partial charge < -0.3 is 5.32 Å². The first-order chi connectivity index (χ1) is 13.1. The standard InChI is InChI=1S/C23H35N3O/c1-19-8-6-12-22(20(19)2)24-23(27)18-26-16-14-25(15-17-26)13-7-11-21-9-4-3-5-10-21/h3-5,7,9-11,19-20,22H,6,8,12-18H2,1-2H3,(H,24,27)/b11-7+/t19-,20+,22-/m0/s1. The molecule has 1 heterocycles. The van der Waals surface area contributed by atoms with Crippen LogP contribution in [0.1, 0.15) is 38.7 Å². The van der Waals surface area contributed by atoms with Crippen LogP contribution in [-0.4, -0.2) is 61.0 Å². The van der Waals surface area contributed by atoms with Gasteiger partial charge in [0.05, 0.1) is 6.54 Å². The van der Waals surface area contributed by atoms with Crippen molar-refractivity contribution in [1.82, 2.24) is 15.1 Å². The van der Waals surface area contributed by atoms with Crippen molar-refractivity contribution in [1.29, 1.82) is 0 Å². The lowest BCUT2D eigenvalue weighted by atomic mass is 9.78. The zero-order valence-electron chi connectivity index (χ0n) is 16.9. The topological polar surface area (TPSA) is 35.6 Å². The molecule has 27 heavy (non-hydrogen) atoms. The minimum atomic E-state index is 0.207. The number of carbonyl (C=O) groups excluding carboxylic acids is 1. The van der Waals surface area contributed by atoms with Crippen molar-refractivity contribution in [3.8, 4) is 0 Å². The molecule has 0 radical (unpaired) electrons. The highest BCUT2D eigenvalue weighted by molar-refractivity contribution is 5.78. The van der Waals surface area contributed by atoms with Crippen molar-refractivity contribution < 1.29 is 4.79 Å². The molecule has 0 unspecified atom stereocenters. The van der Waals surface area contributed by atoms with Gasteiger partial charge in [0, 0.05) is 38.8 Å². The van der Waals surface area contributed by atoms with Gasteiger partial charge in [-0.2, -0.15) is 0 Å². The van der Waals surface area contributed by atoms with Crippen molar-refractivity contribution in [3.05, 3.63) is 42.0 Å². The molecule has 2 aliphatic rings. The van der Waals surface area contributed by atoms with Crippen LogP contribution >= 0.6 is 0 Å². The first-order valence-corrected chi connectivity index (χ1v) is 10.6. The highest BCUT2D eigenvalue weighted by Gasteiger charge is 2.28. The Kier molecular flexibility index (Phi) is 7.48. The minimum Gasteiger partial charge on any atom is -0.352 e. The van der Waals surface area contributed by atoms with Gasteiger partial charge in [0.2, 0.25) is 5.91 Å². The molecule has 1 saturated carbocycles. The lowest BCUT2D eigenvalue weighted by molar-refractivity contribution is -0.124. The first-order valence-electron chi connectivity index (χ1n) is 10.6. The molecule has 4 heteroatoms. The summed E-state index contributed by atoms with van der Waals surface area (Å²) in [4.78, 5) is 17.2. The van der Waals surface area contributed by atoms with Crippen molar-refractivity contribution in [3.63, 3.8) is 0 Å². The van der Waals surface area contributed by atoms with E-state index in [0.717, 1.165) is 45.1 Å². The van der Waals surface area contributed by atoms with Crippen LogP contribution in [0.25, 0.3) is 6.08 Å². The third-order valence-corrected chi connectivity index (χ3v) is 6.36. The quantitative estimate of drug-likeness (QED) is 0.836. The minimum absolute atomic E-state index is 0.207. The summed E-state index contributed by atoms with van der Waals surface area (Å²) in [6.07, 6.45) is 8.11. The second-order valence-corrected chi connectivity index (χ2v) is 8.33. The van der Waals surface area contributed by atoms with Crippen LogP contribution in [0.4, 0.5) is 0 Å². The molecule has 0 aromatic heterocycles. The van der Waals surface area contributed by atoms with Gasteiger partial charge in [-0.05, 0) is 23.8 Å². The normalized spacial score (nSPS) is 27.7. The van der Waals surface area contributed by atoms with E-state index < -0.39 is 0 Å². The number of rotatable bonds is 6. The molecule has 1 amide bonds. The fourth-order valence-corrected chi connectivity index (χ4v) is 4.27. The average molecular weight is 370 g/mol. The maximum atomic E-state index is 12.5. The van der Waals surface area contributed by atoms with Crippen LogP contribution in [0.3, 0.4) is 0 Å². The fraction of sp³-hybridized carbons (Fsp3) is 0.609. The largest absolute Gasteiger partial charge is 0.352 e. The predicted molar refractivity (Wildman–Crippen MR) is 112 cm³/mol. The Morgan fingerprint density at radius 2 is 1.78 bits per heavy atom. The number of hydrogen-bond acceptors (Lipinski definition) is 3. The van der Waals surface area contributed by atoms with Gasteiger partial charge >= 0.3 is 0 Å². The van der Waals surface area contributed by atoms with Crippen LogP contribution in [0.15, 0.2) is 36.4 Å². The summed E-state index contributed by atoms with van der Waals surface area (Å²) in [7, 11) is 0. The van der Waals surface area contributed by atoms with E-state index in [0.29, 0.717) is 18.5 Å². The Balaban J connectivity index is 1.35. The molecule has 2 fully saturated rings. The Hall–Kier alpha value is -1.65. The van der Waals surface area contributed by atoms with Gasteiger partial charge in [0.25, 0.3) is 0 Å². The van der Waals surface area contributed by atoms with E-state index in [1.165, 1.54) is 18.4 Å². The molecule has 1 saturated heterocycles. The predicted octanol–water partition coefficient (Wildman–Crippen LogP) is 3.26. The second kappa shape index (κ2) is 10.0. The van der Waals surface area contributed by atoms with E-state index in [1.54, 1.807) is 0 Å². The molecule has 3 atom stereocenters. The van der Waals surface area contributed by atoms with E-state index in [-0.39, 0.29) is 5.91 Å². The third-order valence-electron chi connectivity index (χ3n) is 6.36. The maximum absolute atomic E-state index is 12.5. The number of nitrogens with zero attached hydrogens (tertiary/aromatic N) is 2. The molecule has 148 valence electrons. The summed E-state index contributed by atoms with van der Waals surface area (Å²) in [5.41, 5.74) is 1.25. The number of hydrogen-bond donors (Lipinski definition) is 1. The number of carbonyl (C=O) groups is 1. The molecule has 1 aliphatic heterocycles. The van der Waals surface area contributed by atoms with Crippen LogP contribution in [0.5, 0.6) is 0 Å². The highest BCUT2D eigenvalue weighted by atomic mass is 16.2. The summed E-state index contributed by atoms with van der Waals surface area (Å²) in [6, 6.07) is 10.8. The van der Waals surface area contributed by atoms with Gasteiger partial charge in [0.1, 0.15) is 0 Å². The van der Waals surface area contributed by atoms with E-state index >= 15 is 0 Å². The molecule has 1 N–H and O–H groups in total. The van der Waals surface area contributed by atoms with Crippen molar-refractivity contribution >= 4 is 12.0 Å². The van der Waals surface area contributed by atoms with Crippen LogP contribution in [0.2, 0.25) is 0 Å². The average Bonchev–Trinajstić information content (AvgIpc) is 2.68. The van der Waals surface area contributed by atoms with E-state index in [1.807, 2.05) is 6.07 Å². The van der Waals surface area contributed by atoms with Gasteiger partial charge in [-0.1, -0.05) is 69.2 Å². The Labute approximate surface area is 164 Å². The fourth-order valence-electron chi connectivity index (χ4n) is 4.27. The number of nitrogens with one attached hydrogen (secondary N) is 1. The summed E-state index contributed by atoms with van der Waals surface area (Å²) in [6.45, 7) is 10.1. The van der Waals surface area contributed by atoms with Crippen LogP contribution in [0, 0.1) is 11.8 Å². The Morgan fingerprint density at radius 3 is 2.52 bits per heavy atom. The van der Waals surface area contributed by atoms with E-state index in [4.69, 9.17) is 0 Å². The van der Waals surface area contributed by atoms with Crippen LogP contribution < -0.4 is 5.32 Å². The van der Waals surface area contributed by atoms with Crippen molar-refractivity contribution in [2.75, 3.05) is 39.3 Å². The monoisotopic (exact) mass is 369 g/mol. The van der Waals surface area contributed by atoms with Crippen molar-refractivity contribution in [2.45, 2.75) is 39.2 Å². The molecule has 0 bridgehead atoms. The lowest BCUT2D eigenvalue weighted by Gasteiger charge is -2.36. The zero-order valence-corrected chi connectivity index (χ0v) is 16.9. The van der Waals surface area contributed by atoms with E-state index in [2.05, 4.69) is 65.4 Å². The SMILES string of the molecule is C[C@H]1[C@@H](NC(=O)CN2CCN(C/C=C/c3ccccc3)CC2)CCC[C@@H]1C. The van der Waals surface area contributed by atoms with E-state index in [9.17, 15) is 4.79 Å². The molecule has 4 nitrogen and oxygen atoms in total. The Morgan fingerprint density at radius 1 is 1.07 bits per heavy atom. The number of piperazine rings is 1. The molecular weight excluding hydrogens is 334 g/mol. The molecule has 1 aromatic rings. The molecule has 1 aliphatic carbocycles. The molecular formula is C23H35N3O. The summed E-state index contributed by atoms with van der Waals surface area (Å²) in [5.74, 6) is 1.52. The van der Waals surface area contributed by atoms with Crippen LogP contribution in [-0.2, 0) is 4.79 Å². The summed E-state index contributed by atoms with van der Waals surface area (Å²) >= 11 is 0. The third kappa shape index (κ3) is 6.18. The zero-order chi connectivity index (χ0) is 19.1.